The lowest BCUT2D eigenvalue weighted by Gasteiger charge is -2.42. The number of ketones is 3. The van der Waals surface area contributed by atoms with Gasteiger partial charge in [0.2, 0.25) is 5.78 Å². The van der Waals surface area contributed by atoms with Crippen molar-refractivity contribution in [2.24, 2.45) is 5.73 Å². The van der Waals surface area contributed by atoms with Gasteiger partial charge in [-0.15, -0.1) is 0 Å². The molecule has 0 spiro atoms. The van der Waals surface area contributed by atoms with Gasteiger partial charge in [0, 0.05) is 42.0 Å². The molecule has 12 nitrogen and oxygen atoms in total. The highest BCUT2D eigenvalue weighted by atomic mass is 16.7. The second-order valence-electron chi connectivity index (χ2n) is 10.2. The number of aliphatic hydroxyl groups is 3. The Morgan fingerprint density at radius 1 is 1.15 bits per heavy atom. The number of phenols is 2. The lowest BCUT2D eigenvalue weighted by molar-refractivity contribution is -0.247. The van der Waals surface area contributed by atoms with Crippen molar-refractivity contribution in [3.05, 3.63) is 51.6 Å². The molecule has 208 valence electrons. The summed E-state index contributed by atoms with van der Waals surface area (Å²) in [5, 5.41) is 53.7. The summed E-state index contributed by atoms with van der Waals surface area (Å²) >= 11 is 0. The number of Topliss-reactive ketones (excluding diaryl/α,β-unsaturated/α-hetero) is 1. The third kappa shape index (κ3) is 4.11. The Hall–Kier alpha value is -3.39. The molecule has 2 unspecified atom stereocenters. The van der Waals surface area contributed by atoms with Crippen LogP contribution < -0.4 is 10.5 Å². The topological polar surface area (TPSA) is 206 Å². The first-order valence-corrected chi connectivity index (χ1v) is 12.4. The predicted molar refractivity (Wildman–Crippen MR) is 132 cm³/mol. The van der Waals surface area contributed by atoms with Crippen molar-refractivity contribution < 1.29 is 54.1 Å². The number of rotatable bonds is 5. The standard InChI is InChI=1S/C27H29NO11/c1-10-22(31)13(28)6-17(38-10)39-15-8-27(36,16(30)9-29)7-12-19(15)26(35)21-20(24(12)33)23(32)11-4-3-5-14(37-2)18(11)25(21)34/h3-5,10,13,15,17,22,29,31,33,35-36H,6-9,28H2,1-2H3/t10?,13?,15-,17-,22-,27-/m0/s1. The Morgan fingerprint density at radius 2 is 1.85 bits per heavy atom. The summed E-state index contributed by atoms with van der Waals surface area (Å²) in [6.45, 7) is 0.560. The molecule has 1 fully saturated rings. The van der Waals surface area contributed by atoms with Gasteiger partial charge in [-0.05, 0) is 13.0 Å². The number of carbonyl (C=O) groups excluding carboxylic acids is 3. The minimum atomic E-state index is -2.24. The smallest absolute Gasteiger partial charge is 0.202 e. The van der Waals surface area contributed by atoms with Crippen LogP contribution in [0.2, 0.25) is 0 Å². The number of aliphatic hydroxyl groups excluding tert-OH is 2. The SMILES string of the molecule is COc1cccc2c1C(=O)c1c(O)c3c(c(O)c1C2=O)C[C@@](O)(C(=O)CO)C[C@@H]3O[C@H]1CC(N)[C@@H](O)C(C)O1. The van der Waals surface area contributed by atoms with Gasteiger partial charge in [-0.2, -0.15) is 0 Å². The van der Waals surface area contributed by atoms with E-state index in [0.29, 0.717) is 0 Å². The van der Waals surface area contributed by atoms with Crippen molar-refractivity contribution in [3.8, 4) is 17.2 Å². The first kappa shape index (κ1) is 27.2. The summed E-state index contributed by atoms with van der Waals surface area (Å²) in [6, 6.07) is 3.64. The summed E-state index contributed by atoms with van der Waals surface area (Å²) < 4.78 is 17.0. The number of carbonyl (C=O) groups is 3. The van der Waals surface area contributed by atoms with Crippen LogP contribution in [0.5, 0.6) is 17.2 Å². The van der Waals surface area contributed by atoms with Crippen LogP contribution in [0.4, 0.5) is 0 Å². The average molecular weight is 544 g/mol. The number of phenolic OH excluding ortho intramolecular Hbond substituents is 2. The highest BCUT2D eigenvalue weighted by molar-refractivity contribution is 6.31. The predicted octanol–water partition coefficient (Wildman–Crippen LogP) is 0.00130. The maximum atomic E-state index is 13.6. The van der Waals surface area contributed by atoms with Gasteiger partial charge in [0.25, 0.3) is 0 Å². The number of aromatic hydroxyl groups is 2. The molecule has 0 bridgehead atoms. The molecule has 5 rings (SSSR count). The molecule has 0 saturated carbocycles. The van der Waals surface area contributed by atoms with E-state index in [1.807, 2.05) is 0 Å². The van der Waals surface area contributed by atoms with E-state index in [2.05, 4.69) is 0 Å². The minimum Gasteiger partial charge on any atom is -0.507 e. The zero-order chi connectivity index (χ0) is 28.4. The third-order valence-corrected chi connectivity index (χ3v) is 7.81. The fourth-order valence-corrected chi connectivity index (χ4v) is 5.75. The van der Waals surface area contributed by atoms with E-state index in [1.165, 1.54) is 25.3 Å². The van der Waals surface area contributed by atoms with Gasteiger partial charge >= 0.3 is 0 Å². The Bertz CT molecular complexity index is 1380. The summed E-state index contributed by atoms with van der Waals surface area (Å²) in [7, 11) is 1.32. The Kier molecular flexibility index (Phi) is 6.74. The largest absolute Gasteiger partial charge is 0.507 e. The Morgan fingerprint density at radius 3 is 2.49 bits per heavy atom. The fourth-order valence-electron chi connectivity index (χ4n) is 5.75. The number of fused-ring (bicyclic) bond motifs is 3. The molecular weight excluding hydrogens is 514 g/mol. The van der Waals surface area contributed by atoms with E-state index in [9.17, 15) is 39.9 Å². The molecule has 0 aromatic heterocycles. The second-order valence-corrected chi connectivity index (χ2v) is 10.2. The van der Waals surface area contributed by atoms with Crippen LogP contribution in [0.3, 0.4) is 0 Å². The quantitative estimate of drug-likeness (QED) is 0.235. The van der Waals surface area contributed by atoms with Crippen LogP contribution in [0.15, 0.2) is 18.2 Å². The monoisotopic (exact) mass is 543 g/mol. The number of methoxy groups -OCH3 is 1. The maximum Gasteiger partial charge on any atom is 0.202 e. The number of ether oxygens (including phenoxy) is 3. The van der Waals surface area contributed by atoms with Crippen molar-refractivity contribution in [2.75, 3.05) is 13.7 Å². The van der Waals surface area contributed by atoms with E-state index in [4.69, 9.17) is 19.9 Å². The number of hydrogen-bond donors (Lipinski definition) is 6. The minimum absolute atomic E-state index is 0.0173. The number of hydrogen-bond acceptors (Lipinski definition) is 12. The molecule has 3 aliphatic rings. The van der Waals surface area contributed by atoms with Crippen molar-refractivity contribution in [1.29, 1.82) is 0 Å². The van der Waals surface area contributed by atoms with Crippen LogP contribution >= 0.6 is 0 Å². The lowest BCUT2D eigenvalue weighted by Crippen LogP contribution is -2.53. The van der Waals surface area contributed by atoms with Gasteiger partial charge in [0.1, 0.15) is 29.5 Å². The summed E-state index contributed by atoms with van der Waals surface area (Å²) in [6.07, 6.45) is -5.12. The van der Waals surface area contributed by atoms with E-state index in [1.54, 1.807) is 6.92 Å². The van der Waals surface area contributed by atoms with Crippen molar-refractivity contribution >= 4 is 17.3 Å². The van der Waals surface area contributed by atoms with Crippen LogP contribution in [-0.2, 0) is 20.7 Å². The normalized spacial score (nSPS) is 29.8. The summed E-state index contributed by atoms with van der Waals surface area (Å²) in [5.74, 6) is -3.77. The molecule has 2 aromatic carbocycles. The molecule has 1 aliphatic heterocycles. The number of nitrogens with two attached hydrogens (primary N) is 1. The molecule has 1 heterocycles. The Balaban J connectivity index is 1.69. The average Bonchev–Trinajstić information content (AvgIpc) is 2.90. The van der Waals surface area contributed by atoms with E-state index in [0.717, 1.165) is 0 Å². The van der Waals surface area contributed by atoms with Gasteiger partial charge in [0.05, 0.1) is 42.1 Å². The van der Waals surface area contributed by atoms with Crippen molar-refractivity contribution in [1.82, 2.24) is 0 Å². The summed E-state index contributed by atoms with van der Waals surface area (Å²) in [5.41, 5.74) is 2.37. The third-order valence-electron chi connectivity index (χ3n) is 7.81. The zero-order valence-corrected chi connectivity index (χ0v) is 21.2. The lowest BCUT2D eigenvalue weighted by atomic mass is 9.72. The van der Waals surface area contributed by atoms with E-state index < -0.39 is 95.7 Å². The summed E-state index contributed by atoms with van der Waals surface area (Å²) in [4.78, 5) is 39.7. The molecule has 6 atom stereocenters. The zero-order valence-electron chi connectivity index (χ0n) is 21.2. The molecule has 39 heavy (non-hydrogen) atoms. The van der Waals surface area contributed by atoms with Crippen LogP contribution in [0.25, 0.3) is 0 Å². The van der Waals surface area contributed by atoms with Crippen LogP contribution in [-0.4, -0.2) is 86.7 Å². The maximum absolute atomic E-state index is 13.6. The molecule has 12 heteroatoms. The fraction of sp³-hybridized carbons (Fsp3) is 0.444. The highest BCUT2D eigenvalue weighted by Gasteiger charge is 2.50. The molecule has 2 aromatic rings. The number of benzene rings is 2. The molecule has 0 radical (unpaired) electrons. The first-order chi connectivity index (χ1) is 18.4. The van der Waals surface area contributed by atoms with Gasteiger partial charge in [-0.1, -0.05) is 12.1 Å². The van der Waals surface area contributed by atoms with Gasteiger partial charge < -0.3 is 45.5 Å². The van der Waals surface area contributed by atoms with Gasteiger partial charge in [0.15, 0.2) is 17.9 Å². The highest BCUT2D eigenvalue weighted by Crippen LogP contribution is 2.52. The Labute approximate surface area is 222 Å². The van der Waals surface area contributed by atoms with E-state index in [-0.39, 0.29) is 34.4 Å². The molecular formula is C27H29NO11. The van der Waals surface area contributed by atoms with Gasteiger partial charge in [-0.25, -0.2) is 0 Å². The first-order valence-electron chi connectivity index (χ1n) is 12.4. The van der Waals surface area contributed by atoms with Gasteiger partial charge in [-0.3, -0.25) is 14.4 Å². The molecule has 2 aliphatic carbocycles. The molecule has 1 saturated heterocycles. The van der Waals surface area contributed by atoms with Crippen LogP contribution in [0.1, 0.15) is 68.8 Å². The molecule has 7 N–H and O–H groups in total. The van der Waals surface area contributed by atoms with Crippen molar-refractivity contribution in [2.45, 2.75) is 62.4 Å². The second kappa shape index (κ2) is 9.66. The van der Waals surface area contributed by atoms with E-state index >= 15 is 0 Å². The molecule has 0 amide bonds. The van der Waals surface area contributed by atoms with Crippen LogP contribution in [0, 0.1) is 0 Å². The van der Waals surface area contributed by atoms with Crippen molar-refractivity contribution in [3.63, 3.8) is 0 Å².